The minimum absolute atomic E-state index is 0.541. The highest BCUT2D eigenvalue weighted by atomic mass is 35.5. The van der Waals surface area contributed by atoms with E-state index >= 15 is 0 Å². The Labute approximate surface area is 126 Å². The molecule has 0 spiro atoms. The first-order valence-electron chi connectivity index (χ1n) is 7.69. The number of benzene rings is 1. The molecule has 110 valence electrons. The zero-order chi connectivity index (χ0) is 14.1. The third kappa shape index (κ3) is 2.54. The molecule has 0 radical (unpaired) electrons. The number of anilines is 1. The van der Waals surface area contributed by atoms with Crippen LogP contribution >= 0.6 is 11.6 Å². The second-order valence-electron chi connectivity index (χ2n) is 6.07. The van der Waals surface area contributed by atoms with E-state index in [-0.39, 0.29) is 0 Å². The number of hydrogen-bond acceptors (Lipinski definition) is 3. The van der Waals surface area contributed by atoms with Crippen molar-refractivity contribution in [1.82, 2.24) is 4.90 Å². The van der Waals surface area contributed by atoms with Crippen LogP contribution in [0.2, 0.25) is 5.02 Å². The smallest absolute Gasteiger partial charge is 0.0459 e. The van der Waals surface area contributed by atoms with E-state index < -0.39 is 0 Å². The van der Waals surface area contributed by atoms with Crippen LogP contribution in [0, 0.1) is 0 Å². The SMILES string of the molecule is CC1CN2CCCC2CN1c1cccc(Cl)c1CCN. The lowest BCUT2D eigenvalue weighted by Gasteiger charge is -2.44. The van der Waals surface area contributed by atoms with Crippen LogP contribution in [0.15, 0.2) is 18.2 Å². The predicted molar refractivity (Wildman–Crippen MR) is 85.6 cm³/mol. The summed E-state index contributed by atoms with van der Waals surface area (Å²) in [6.45, 7) is 6.53. The topological polar surface area (TPSA) is 32.5 Å². The molecule has 1 aromatic rings. The number of rotatable bonds is 3. The van der Waals surface area contributed by atoms with Crippen LogP contribution in [-0.2, 0) is 6.42 Å². The van der Waals surface area contributed by atoms with Gasteiger partial charge >= 0.3 is 0 Å². The predicted octanol–water partition coefficient (Wildman–Crippen LogP) is 2.51. The fourth-order valence-corrected chi connectivity index (χ4v) is 4.00. The summed E-state index contributed by atoms with van der Waals surface area (Å²) >= 11 is 6.39. The van der Waals surface area contributed by atoms with Gasteiger partial charge in [0.1, 0.15) is 0 Å². The van der Waals surface area contributed by atoms with E-state index in [1.807, 2.05) is 6.07 Å². The standard InChI is InChI=1S/C16H24ClN3/c1-12-10-19-9-3-4-13(19)11-20(12)16-6-2-5-15(17)14(16)7-8-18/h2,5-6,12-13H,3-4,7-11,18H2,1H3. The Morgan fingerprint density at radius 2 is 2.20 bits per heavy atom. The quantitative estimate of drug-likeness (QED) is 0.929. The fourth-order valence-electron chi connectivity index (χ4n) is 3.73. The van der Waals surface area contributed by atoms with Gasteiger partial charge in [-0.15, -0.1) is 0 Å². The summed E-state index contributed by atoms with van der Waals surface area (Å²) in [5, 5.41) is 0.856. The van der Waals surface area contributed by atoms with Gasteiger partial charge in [-0.05, 0) is 57.0 Å². The Kier molecular flexibility index (Phi) is 4.20. The van der Waals surface area contributed by atoms with Gasteiger partial charge in [0.25, 0.3) is 0 Å². The molecule has 0 amide bonds. The summed E-state index contributed by atoms with van der Waals surface area (Å²) in [5.41, 5.74) is 8.27. The van der Waals surface area contributed by atoms with Crippen molar-refractivity contribution in [3.05, 3.63) is 28.8 Å². The van der Waals surface area contributed by atoms with Gasteiger partial charge in [-0.25, -0.2) is 0 Å². The number of nitrogens with two attached hydrogens (primary N) is 1. The Balaban J connectivity index is 1.89. The normalized spacial score (nSPS) is 26.9. The van der Waals surface area contributed by atoms with Gasteiger partial charge < -0.3 is 10.6 Å². The number of halogens is 1. The molecule has 2 N–H and O–H groups in total. The molecule has 2 atom stereocenters. The number of hydrogen-bond donors (Lipinski definition) is 1. The maximum absolute atomic E-state index is 6.39. The van der Waals surface area contributed by atoms with E-state index in [0.717, 1.165) is 24.0 Å². The second-order valence-corrected chi connectivity index (χ2v) is 6.48. The Bertz CT molecular complexity index is 477. The fraction of sp³-hybridized carbons (Fsp3) is 0.625. The van der Waals surface area contributed by atoms with Gasteiger partial charge in [0.15, 0.2) is 0 Å². The van der Waals surface area contributed by atoms with Crippen molar-refractivity contribution in [1.29, 1.82) is 0 Å². The molecule has 3 nitrogen and oxygen atoms in total. The molecule has 0 aromatic heterocycles. The van der Waals surface area contributed by atoms with Crippen molar-refractivity contribution < 1.29 is 0 Å². The molecule has 1 aromatic carbocycles. The van der Waals surface area contributed by atoms with Crippen molar-refractivity contribution in [2.45, 2.75) is 38.3 Å². The second kappa shape index (κ2) is 5.92. The van der Waals surface area contributed by atoms with Crippen molar-refractivity contribution in [3.63, 3.8) is 0 Å². The van der Waals surface area contributed by atoms with Crippen LogP contribution in [0.3, 0.4) is 0 Å². The van der Waals surface area contributed by atoms with E-state index in [2.05, 4.69) is 28.9 Å². The summed E-state index contributed by atoms with van der Waals surface area (Å²) in [6.07, 6.45) is 3.53. The molecule has 0 saturated carbocycles. The van der Waals surface area contributed by atoms with Crippen molar-refractivity contribution in [2.24, 2.45) is 5.73 Å². The van der Waals surface area contributed by atoms with E-state index in [9.17, 15) is 0 Å². The third-order valence-electron chi connectivity index (χ3n) is 4.74. The molecule has 2 aliphatic rings. The molecule has 2 fully saturated rings. The lowest BCUT2D eigenvalue weighted by atomic mass is 10.0. The molecule has 2 aliphatic heterocycles. The lowest BCUT2D eigenvalue weighted by Crippen LogP contribution is -2.55. The molecule has 20 heavy (non-hydrogen) atoms. The summed E-state index contributed by atoms with van der Waals surface area (Å²) in [4.78, 5) is 5.19. The molecule has 2 saturated heterocycles. The maximum atomic E-state index is 6.39. The van der Waals surface area contributed by atoms with E-state index in [0.29, 0.717) is 12.6 Å². The van der Waals surface area contributed by atoms with Gasteiger partial charge in [0.2, 0.25) is 0 Å². The van der Waals surface area contributed by atoms with Crippen LogP contribution < -0.4 is 10.6 Å². The van der Waals surface area contributed by atoms with Crippen molar-refractivity contribution in [2.75, 3.05) is 31.1 Å². The molecule has 0 bridgehead atoms. The minimum atomic E-state index is 0.541. The average Bonchev–Trinajstić information content (AvgIpc) is 2.87. The first-order chi connectivity index (χ1) is 9.70. The first kappa shape index (κ1) is 14.2. The van der Waals surface area contributed by atoms with Gasteiger partial charge in [0, 0.05) is 35.9 Å². The average molecular weight is 294 g/mol. The Hall–Kier alpha value is -0.770. The highest BCUT2D eigenvalue weighted by Crippen LogP contribution is 2.33. The summed E-state index contributed by atoms with van der Waals surface area (Å²) in [5.74, 6) is 0. The van der Waals surface area contributed by atoms with E-state index in [1.165, 1.54) is 37.2 Å². The highest BCUT2D eigenvalue weighted by Gasteiger charge is 2.35. The minimum Gasteiger partial charge on any atom is -0.366 e. The Morgan fingerprint density at radius 3 is 3.00 bits per heavy atom. The third-order valence-corrected chi connectivity index (χ3v) is 5.09. The van der Waals surface area contributed by atoms with E-state index in [4.69, 9.17) is 17.3 Å². The number of piperazine rings is 1. The molecule has 4 heteroatoms. The zero-order valence-corrected chi connectivity index (χ0v) is 12.9. The molecular weight excluding hydrogens is 270 g/mol. The van der Waals surface area contributed by atoms with Crippen LogP contribution in [0.4, 0.5) is 5.69 Å². The molecule has 0 aliphatic carbocycles. The van der Waals surface area contributed by atoms with Crippen LogP contribution in [0.1, 0.15) is 25.3 Å². The maximum Gasteiger partial charge on any atom is 0.0459 e. The molecule has 2 unspecified atom stereocenters. The number of fused-ring (bicyclic) bond motifs is 1. The molecule has 2 heterocycles. The highest BCUT2D eigenvalue weighted by molar-refractivity contribution is 6.31. The summed E-state index contributed by atoms with van der Waals surface area (Å²) in [6, 6.07) is 7.51. The lowest BCUT2D eigenvalue weighted by molar-refractivity contribution is 0.203. The van der Waals surface area contributed by atoms with Gasteiger partial charge in [-0.2, -0.15) is 0 Å². The van der Waals surface area contributed by atoms with Gasteiger partial charge in [-0.1, -0.05) is 17.7 Å². The summed E-state index contributed by atoms with van der Waals surface area (Å²) in [7, 11) is 0. The monoisotopic (exact) mass is 293 g/mol. The first-order valence-corrected chi connectivity index (χ1v) is 8.06. The summed E-state index contributed by atoms with van der Waals surface area (Å²) < 4.78 is 0. The zero-order valence-electron chi connectivity index (χ0n) is 12.2. The van der Waals surface area contributed by atoms with Crippen molar-refractivity contribution in [3.8, 4) is 0 Å². The molecular formula is C16H24ClN3. The molecule has 3 rings (SSSR count). The van der Waals surface area contributed by atoms with Crippen LogP contribution in [0.5, 0.6) is 0 Å². The number of nitrogens with zero attached hydrogens (tertiary/aromatic N) is 2. The van der Waals surface area contributed by atoms with Crippen LogP contribution in [0.25, 0.3) is 0 Å². The van der Waals surface area contributed by atoms with E-state index in [1.54, 1.807) is 0 Å². The van der Waals surface area contributed by atoms with Crippen molar-refractivity contribution >= 4 is 17.3 Å². The largest absolute Gasteiger partial charge is 0.366 e. The van der Waals surface area contributed by atoms with Crippen LogP contribution in [-0.4, -0.2) is 43.2 Å². The van der Waals surface area contributed by atoms with Gasteiger partial charge in [-0.3, -0.25) is 4.90 Å². The Morgan fingerprint density at radius 1 is 1.35 bits per heavy atom. The van der Waals surface area contributed by atoms with Gasteiger partial charge in [0.05, 0.1) is 0 Å².